The molecule has 1 atom stereocenters. The van der Waals surface area contributed by atoms with E-state index in [0.29, 0.717) is 6.54 Å². The molecule has 1 N–H and O–H groups in total. The number of amides is 1. The first-order valence-electron chi connectivity index (χ1n) is 8.47. The van der Waals surface area contributed by atoms with Crippen molar-refractivity contribution >= 4 is 17.4 Å². The molecule has 1 fully saturated rings. The third-order valence-electron chi connectivity index (χ3n) is 4.63. The van der Waals surface area contributed by atoms with Gasteiger partial charge in [-0.25, -0.2) is 0 Å². The van der Waals surface area contributed by atoms with Gasteiger partial charge in [0.05, 0.1) is 11.6 Å². The zero-order chi connectivity index (χ0) is 17.1. The minimum absolute atomic E-state index is 0.0270. The lowest BCUT2D eigenvalue weighted by molar-refractivity contribution is -0.120. The van der Waals surface area contributed by atoms with E-state index in [4.69, 9.17) is 0 Å². The molecular formula is C19H24N4O. The lowest BCUT2D eigenvalue weighted by Crippen LogP contribution is -2.41. The summed E-state index contributed by atoms with van der Waals surface area (Å²) < 4.78 is 0. The second-order valence-corrected chi connectivity index (χ2v) is 6.57. The van der Waals surface area contributed by atoms with E-state index in [1.807, 2.05) is 51.1 Å². The maximum absolute atomic E-state index is 12.7. The molecule has 0 bridgehead atoms. The first-order valence-corrected chi connectivity index (χ1v) is 8.47. The van der Waals surface area contributed by atoms with E-state index in [9.17, 15) is 4.79 Å². The Kier molecular flexibility index (Phi) is 4.79. The van der Waals surface area contributed by atoms with Gasteiger partial charge in [0.2, 0.25) is 5.91 Å². The number of anilines is 2. The maximum Gasteiger partial charge on any atom is 0.229 e. The van der Waals surface area contributed by atoms with Gasteiger partial charge in [0.1, 0.15) is 0 Å². The predicted octanol–water partition coefficient (Wildman–Crippen LogP) is 3.26. The molecule has 5 nitrogen and oxygen atoms in total. The van der Waals surface area contributed by atoms with Crippen molar-refractivity contribution in [1.82, 2.24) is 10.2 Å². The second kappa shape index (κ2) is 6.99. The molecule has 1 aliphatic heterocycles. The summed E-state index contributed by atoms with van der Waals surface area (Å²) >= 11 is 0. The van der Waals surface area contributed by atoms with Crippen molar-refractivity contribution in [2.24, 2.45) is 5.92 Å². The number of carbonyl (C=O) groups is 1. The van der Waals surface area contributed by atoms with Gasteiger partial charge in [0.15, 0.2) is 5.82 Å². The molecule has 0 saturated carbocycles. The van der Waals surface area contributed by atoms with Crippen LogP contribution in [0.3, 0.4) is 0 Å². The van der Waals surface area contributed by atoms with Crippen LogP contribution in [0.1, 0.15) is 29.7 Å². The van der Waals surface area contributed by atoms with Crippen LogP contribution in [0.15, 0.2) is 30.3 Å². The molecule has 5 heteroatoms. The summed E-state index contributed by atoms with van der Waals surface area (Å²) in [6, 6.07) is 10.0. The Morgan fingerprint density at radius 1 is 1.12 bits per heavy atom. The van der Waals surface area contributed by atoms with Gasteiger partial charge in [-0.1, -0.05) is 18.2 Å². The number of hydrogen-bond acceptors (Lipinski definition) is 4. The van der Waals surface area contributed by atoms with Crippen molar-refractivity contribution < 1.29 is 4.79 Å². The Morgan fingerprint density at radius 3 is 2.54 bits per heavy atom. The number of nitrogens with one attached hydrogen (secondary N) is 1. The van der Waals surface area contributed by atoms with Crippen LogP contribution in [-0.2, 0) is 4.79 Å². The molecule has 1 aromatic carbocycles. The van der Waals surface area contributed by atoms with Crippen molar-refractivity contribution in [3.05, 3.63) is 47.2 Å². The molecule has 1 unspecified atom stereocenters. The standard InChI is InChI=1S/C19H24N4O/c1-13-6-4-7-14(2)18(13)20-19(24)16-8-5-11-23(12-16)17-10-9-15(3)21-22-17/h4,6-7,9-10,16H,5,8,11-12H2,1-3H3,(H,20,24). The van der Waals surface area contributed by atoms with Crippen LogP contribution in [-0.4, -0.2) is 29.2 Å². The van der Waals surface area contributed by atoms with Crippen LogP contribution in [0.25, 0.3) is 0 Å². The van der Waals surface area contributed by atoms with Crippen molar-refractivity contribution in [2.45, 2.75) is 33.6 Å². The van der Waals surface area contributed by atoms with Crippen molar-refractivity contribution in [2.75, 3.05) is 23.3 Å². The molecule has 126 valence electrons. The van der Waals surface area contributed by atoms with E-state index in [-0.39, 0.29) is 11.8 Å². The fraction of sp³-hybridized carbons (Fsp3) is 0.421. The van der Waals surface area contributed by atoms with Gasteiger partial charge in [0.25, 0.3) is 0 Å². The average Bonchev–Trinajstić information content (AvgIpc) is 2.59. The van der Waals surface area contributed by atoms with Gasteiger partial charge in [-0.15, -0.1) is 5.10 Å². The van der Waals surface area contributed by atoms with E-state index in [2.05, 4.69) is 20.4 Å². The molecule has 0 radical (unpaired) electrons. The topological polar surface area (TPSA) is 58.1 Å². The first kappa shape index (κ1) is 16.4. The lowest BCUT2D eigenvalue weighted by atomic mass is 9.96. The number of aryl methyl sites for hydroxylation is 3. The average molecular weight is 324 g/mol. The zero-order valence-corrected chi connectivity index (χ0v) is 14.5. The molecule has 2 heterocycles. The maximum atomic E-state index is 12.7. The minimum atomic E-state index is -0.0270. The van der Waals surface area contributed by atoms with Crippen LogP contribution in [0.5, 0.6) is 0 Å². The van der Waals surface area contributed by atoms with Gasteiger partial charge in [-0.05, 0) is 56.9 Å². The third kappa shape index (κ3) is 3.55. The van der Waals surface area contributed by atoms with Gasteiger partial charge in [-0.2, -0.15) is 5.10 Å². The largest absolute Gasteiger partial charge is 0.354 e. The van der Waals surface area contributed by atoms with Crippen LogP contribution >= 0.6 is 0 Å². The number of aromatic nitrogens is 2. The number of para-hydroxylation sites is 1. The fourth-order valence-electron chi connectivity index (χ4n) is 3.20. The molecule has 1 aliphatic rings. The minimum Gasteiger partial charge on any atom is -0.354 e. The van der Waals surface area contributed by atoms with Crippen LogP contribution < -0.4 is 10.2 Å². The number of benzene rings is 1. The smallest absolute Gasteiger partial charge is 0.229 e. The van der Waals surface area contributed by atoms with Crippen molar-refractivity contribution in [1.29, 1.82) is 0 Å². The third-order valence-corrected chi connectivity index (χ3v) is 4.63. The van der Waals surface area contributed by atoms with E-state index in [1.165, 1.54) is 0 Å². The molecule has 1 saturated heterocycles. The van der Waals surface area contributed by atoms with E-state index < -0.39 is 0 Å². The quantitative estimate of drug-likeness (QED) is 0.941. The van der Waals surface area contributed by atoms with Gasteiger partial charge in [0, 0.05) is 18.8 Å². The van der Waals surface area contributed by atoms with Crippen LogP contribution in [0.4, 0.5) is 11.5 Å². The summed E-state index contributed by atoms with van der Waals surface area (Å²) in [5, 5.41) is 11.5. The van der Waals surface area contributed by atoms with Crippen LogP contribution in [0.2, 0.25) is 0 Å². The molecule has 3 rings (SSSR count). The first-order chi connectivity index (χ1) is 11.5. The molecule has 2 aromatic rings. The summed E-state index contributed by atoms with van der Waals surface area (Å²) in [4.78, 5) is 14.9. The van der Waals surface area contributed by atoms with Crippen molar-refractivity contribution in [3.8, 4) is 0 Å². The molecule has 0 spiro atoms. The molecule has 0 aliphatic carbocycles. The molecule has 1 amide bonds. The van der Waals surface area contributed by atoms with E-state index in [1.54, 1.807) is 0 Å². The Bertz CT molecular complexity index is 706. The lowest BCUT2D eigenvalue weighted by Gasteiger charge is -2.32. The van der Waals surface area contributed by atoms with Gasteiger partial charge >= 0.3 is 0 Å². The number of piperidine rings is 1. The predicted molar refractivity (Wildman–Crippen MR) is 96.3 cm³/mol. The fourth-order valence-corrected chi connectivity index (χ4v) is 3.20. The van der Waals surface area contributed by atoms with E-state index in [0.717, 1.165) is 47.7 Å². The highest BCUT2D eigenvalue weighted by Gasteiger charge is 2.27. The number of carbonyl (C=O) groups excluding carboxylic acids is 1. The van der Waals surface area contributed by atoms with E-state index >= 15 is 0 Å². The summed E-state index contributed by atoms with van der Waals surface area (Å²) in [6.45, 7) is 7.59. The Morgan fingerprint density at radius 2 is 1.88 bits per heavy atom. The SMILES string of the molecule is Cc1ccc(N2CCCC(C(=O)Nc3c(C)cccc3C)C2)nn1. The van der Waals surface area contributed by atoms with Gasteiger partial charge in [-0.3, -0.25) is 4.79 Å². The summed E-state index contributed by atoms with van der Waals surface area (Å²) in [7, 11) is 0. The highest BCUT2D eigenvalue weighted by Crippen LogP contribution is 2.25. The summed E-state index contributed by atoms with van der Waals surface area (Å²) in [6.07, 6.45) is 1.90. The normalized spacial score (nSPS) is 17.6. The monoisotopic (exact) mass is 324 g/mol. The molecular weight excluding hydrogens is 300 g/mol. The Labute approximate surface area is 143 Å². The van der Waals surface area contributed by atoms with Crippen LogP contribution in [0, 0.1) is 26.7 Å². The highest BCUT2D eigenvalue weighted by molar-refractivity contribution is 5.94. The zero-order valence-electron chi connectivity index (χ0n) is 14.5. The number of rotatable bonds is 3. The summed E-state index contributed by atoms with van der Waals surface area (Å²) in [5.74, 6) is 0.920. The summed E-state index contributed by atoms with van der Waals surface area (Å²) in [5.41, 5.74) is 4.04. The van der Waals surface area contributed by atoms with Gasteiger partial charge < -0.3 is 10.2 Å². The Hall–Kier alpha value is -2.43. The van der Waals surface area contributed by atoms with Crippen molar-refractivity contribution in [3.63, 3.8) is 0 Å². The molecule has 1 aromatic heterocycles. The number of hydrogen-bond donors (Lipinski definition) is 1. The molecule has 24 heavy (non-hydrogen) atoms. The number of nitrogens with zero attached hydrogens (tertiary/aromatic N) is 3. The second-order valence-electron chi connectivity index (χ2n) is 6.57. The highest BCUT2D eigenvalue weighted by atomic mass is 16.1. The Balaban J connectivity index is 1.70.